The second-order valence-corrected chi connectivity index (χ2v) is 4.10. The van der Waals surface area contributed by atoms with Gasteiger partial charge in [0.2, 0.25) is 5.96 Å². The summed E-state index contributed by atoms with van der Waals surface area (Å²) in [6, 6.07) is 0.630. The minimum Gasteiger partial charge on any atom is -0.343 e. The van der Waals surface area contributed by atoms with Crippen LogP contribution in [0.25, 0.3) is 0 Å². The van der Waals surface area contributed by atoms with E-state index in [1.807, 2.05) is 14.0 Å². The Balaban J connectivity index is 2.46. The highest BCUT2D eigenvalue weighted by Crippen LogP contribution is 2.15. The molecule has 1 heterocycles. The number of nitrogens with zero attached hydrogens (tertiary/aromatic N) is 3. The average molecular weight is 213 g/mol. The van der Waals surface area contributed by atoms with E-state index in [4.69, 9.17) is 5.84 Å². The number of likely N-dealkylation sites (N-methyl/N-ethyl adjacent to an activating group) is 2. The molecule has 88 valence electrons. The molecule has 0 bridgehead atoms. The van der Waals surface area contributed by atoms with E-state index in [9.17, 15) is 0 Å². The Kier molecular flexibility index (Phi) is 4.84. The SMILES string of the molecule is CCN=C(NN)N(C)CC1CCCN1C. The van der Waals surface area contributed by atoms with Crippen LogP contribution in [0, 0.1) is 0 Å². The maximum atomic E-state index is 5.43. The minimum absolute atomic E-state index is 0.630. The first-order chi connectivity index (χ1) is 7.19. The zero-order chi connectivity index (χ0) is 11.3. The number of nitrogens with two attached hydrogens (primary N) is 1. The van der Waals surface area contributed by atoms with Crippen molar-refractivity contribution >= 4 is 5.96 Å². The van der Waals surface area contributed by atoms with Gasteiger partial charge in [-0.05, 0) is 33.4 Å². The topological polar surface area (TPSA) is 56.9 Å². The zero-order valence-electron chi connectivity index (χ0n) is 10.0. The molecule has 3 N–H and O–H groups in total. The van der Waals surface area contributed by atoms with E-state index in [1.165, 1.54) is 19.4 Å². The summed E-state index contributed by atoms with van der Waals surface area (Å²) in [5.74, 6) is 6.21. The van der Waals surface area contributed by atoms with Crippen LogP contribution in [0.5, 0.6) is 0 Å². The van der Waals surface area contributed by atoms with Crippen LogP contribution in [0.15, 0.2) is 4.99 Å². The number of likely N-dealkylation sites (tertiary alicyclic amines) is 1. The molecule has 0 aromatic carbocycles. The average Bonchev–Trinajstić information content (AvgIpc) is 2.60. The molecule has 0 saturated carbocycles. The molecule has 1 rings (SSSR count). The lowest BCUT2D eigenvalue weighted by molar-refractivity contribution is 0.264. The number of rotatable bonds is 3. The van der Waals surface area contributed by atoms with Gasteiger partial charge in [0.05, 0.1) is 0 Å². The highest BCUT2D eigenvalue weighted by atomic mass is 15.4. The molecule has 1 unspecified atom stereocenters. The van der Waals surface area contributed by atoms with Crippen LogP contribution >= 0.6 is 0 Å². The molecule has 1 atom stereocenters. The smallest absolute Gasteiger partial charge is 0.208 e. The molecule has 0 aromatic rings. The van der Waals surface area contributed by atoms with Crippen molar-refractivity contribution in [3.63, 3.8) is 0 Å². The molecular weight excluding hydrogens is 190 g/mol. The van der Waals surface area contributed by atoms with Crippen molar-refractivity contribution in [2.45, 2.75) is 25.8 Å². The summed E-state index contributed by atoms with van der Waals surface area (Å²) in [5.41, 5.74) is 2.65. The second-order valence-electron chi connectivity index (χ2n) is 4.10. The fourth-order valence-corrected chi connectivity index (χ4v) is 2.04. The minimum atomic E-state index is 0.630. The lowest BCUT2D eigenvalue weighted by atomic mass is 10.2. The lowest BCUT2D eigenvalue weighted by Gasteiger charge is -2.27. The molecule has 15 heavy (non-hydrogen) atoms. The Hall–Kier alpha value is -0.810. The number of hydrogen-bond donors (Lipinski definition) is 2. The van der Waals surface area contributed by atoms with E-state index >= 15 is 0 Å². The van der Waals surface area contributed by atoms with Crippen molar-refractivity contribution in [3.8, 4) is 0 Å². The van der Waals surface area contributed by atoms with Crippen LogP contribution < -0.4 is 11.3 Å². The number of aliphatic imine (C=N–C) groups is 1. The maximum Gasteiger partial charge on any atom is 0.208 e. The van der Waals surface area contributed by atoms with Gasteiger partial charge in [-0.1, -0.05) is 0 Å². The molecule has 1 aliphatic rings. The molecule has 0 amide bonds. The van der Waals surface area contributed by atoms with E-state index in [1.54, 1.807) is 0 Å². The van der Waals surface area contributed by atoms with Gasteiger partial charge in [0.15, 0.2) is 0 Å². The third kappa shape index (κ3) is 3.35. The molecular formula is C10H23N5. The van der Waals surface area contributed by atoms with Gasteiger partial charge in [0.1, 0.15) is 0 Å². The Bertz CT molecular complexity index is 216. The molecule has 1 fully saturated rings. The molecule has 1 saturated heterocycles. The predicted molar refractivity (Wildman–Crippen MR) is 63.6 cm³/mol. The number of guanidine groups is 1. The van der Waals surface area contributed by atoms with Crippen molar-refractivity contribution in [1.82, 2.24) is 15.2 Å². The molecule has 5 heteroatoms. The normalized spacial score (nSPS) is 23.2. The lowest BCUT2D eigenvalue weighted by Crippen LogP contribution is -2.47. The monoisotopic (exact) mass is 213 g/mol. The van der Waals surface area contributed by atoms with Gasteiger partial charge >= 0.3 is 0 Å². The van der Waals surface area contributed by atoms with Crippen molar-refractivity contribution in [3.05, 3.63) is 0 Å². The number of hydrazine groups is 1. The van der Waals surface area contributed by atoms with Gasteiger partial charge in [-0.2, -0.15) is 0 Å². The first kappa shape index (κ1) is 12.3. The third-order valence-electron chi connectivity index (χ3n) is 2.95. The van der Waals surface area contributed by atoms with Crippen molar-refractivity contribution < 1.29 is 0 Å². The Morgan fingerprint density at radius 2 is 2.40 bits per heavy atom. The summed E-state index contributed by atoms with van der Waals surface area (Å²) in [6.07, 6.45) is 2.57. The predicted octanol–water partition coefficient (Wildman–Crippen LogP) is -0.148. The molecule has 0 aromatic heterocycles. The summed E-state index contributed by atoms with van der Waals surface area (Å²) >= 11 is 0. The highest BCUT2D eigenvalue weighted by molar-refractivity contribution is 5.79. The number of nitrogens with one attached hydrogen (secondary N) is 1. The van der Waals surface area contributed by atoms with Crippen LogP contribution in [-0.2, 0) is 0 Å². The molecule has 0 spiro atoms. The van der Waals surface area contributed by atoms with Crippen molar-refractivity contribution in [2.75, 3.05) is 33.7 Å². The van der Waals surface area contributed by atoms with Crippen LogP contribution in [0.3, 0.4) is 0 Å². The third-order valence-corrected chi connectivity index (χ3v) is 2.95. The van der Waals surface area contributed by atoms with Gasteiger partial charge in [0.25, 0.3) is 0 Å². The first-order valence-electron chi connectivity index (χ1n) is 5.61. The Morgan fingerprint density at radius 3 is 2.87 bits per heavy atom. The Labute approximate surface area is 92.3 Å². The highest BCUT2D eigenvalue weighted by Gasteiger charge is 2.22. The Morgan fingerprint density at radius 1 is 1.67 bits per heavy atom. The van der Waals surface area contributed by atoms with Crippen molar-refractivity contribution in [1.29, 1.82) is 0 Å². The fraction of sp³-hybridized carbons (Fsp3) is 0.900. The van der Waals surface area contributed by atoms with Gasteiger partial charge < -0.3 is 9.80 Å². The summed E-state index contributed by atoms with van der Waals surface area (Å²) in [4.78, 5) is 8.79. The van der Waals surface area contributed by atoms with Gasteiger partial charge in [-0.3, -0.25) is 10.4 Å². The number of hydrogen-bond acceptors (Lipinski definition) is 3. The second kappa shape index (κ2) is 5.92. The van der Waals surface area contributed by atoms with E-state index in [0.29, 0.717) is 6.04 Å². The maximum absolute atomic E-state index is 5.43. The van der Waals surface area contributed by atoms with Crippen LogP contribution in [0.4, 0.5) is 0 Å². The quantitative estimate of drug-likeness (QED) is 0.296. The zero-order valence-corrected chi connectivity index (χ0v) is 10.0. The van der Waals surface area contributed by atoms with Crippen LogP contribution in [-0.4, -0.2) is 55.5 Å². The van der Waals surface area contributed by atoms with Crippen LogP contribution in [0.2, 0.25) is 0 Å². The van der Waals surface area contributed by atoms with E-state index in [-0.39, 0.29) is 0 Å². The standard InChI is InChI=1S/C10H23N5/c1-4-12-10(13-11)15(3)8-9-6-5-7-14(9)2/h9H,4-8,11H2,1-3H3,(H,12,13). The van der Waals surface area contributed by atoms with E-state index in [0.717, 1.165) is 19.0 Å². The summed E-state index contributed by atoms with van der Waals surface area (Å²) in [6.45, 7) is 4.95. The first-order valence-corrected chi connectivity index (χ1v) is 5.61. The van der Waals surface area contributed by atoms with Gasteiger partial charge in [-0.15, -0.1) is 0 Å². The molecule has 5 nitrogen and oxygen atoms in total. The summed E-state index contributed by atoms with van der Waals surface area (Å²) in [5, 5.41) is 0. The fourth-order valence-electron chi connectivity index (χ4n) is 2.04. The molecule has 0 radical (unpaired) electrons. The van der Waals surface area contributed by atoms with Gasteiger partial charge in [0, 0.05) is 26.2 Å². The van der Waals surface area contributed by atoms with Crippen LogP contribution in [0.1, 0.15) is 19.8 Å². The molecule has 1 aliphatic heterocycles. The largest absolute Gasteiger partial charge is 0.343 e. The molecule has 0 aliphatic carbocycles. The van der Waals surface area contributed by atoms with E-state index in [2.05, 4.69) is 27.3 Å². The van der Waals surface area contributed by atoms with E-state index < -0.39 is 0 Å². The summed E-state index contributed by atoms with van der Waals surface area (Å²) < 4.78 is 0. The van der Waals surface area contributed by atoms with Gasteiger partial charge in [-0.25, -0.2) is 5.84 Å². The summed E-state index contributed by atoms with van der Waals surface area (Å²) in [7, 11) is 4.21. The van der Waals surface area contributed by atoms with Crippen molar-refractivity contribution in [2.24, 2.45) is 10.8 Å².